The molecule has 0 heterocycles. The maximum Gasteiger partial charge on any atom is 0.148 e. The highest BCUT2D eigenvalue weighted by Crippen LogP contribution is 2.37. The van der Waals surface area contributed by atoms with E-state index in [-0.39, 0.29) is 5.82 Å². The molecule has 0 spiro atoms. The summed E-state index contributed by atoms with van der Waals surface area (Å²) in [6.07, 6.45) is 2.28. The van der Waals surface area contributed by atoms with E-state index in [0.717, 1.165) is 19.4 Å². The highest BCUT2D eigenvalue weighted by molar-refractivity contribution is 5.64. The number of benzene rings is 1. The molecule has 1 aliphatic rings. The molecule has 0 atom stereocenters. The molecule has 4 heteroatoms. The third-order valence-electron chi connectivity index (χ3n) is 3.16. The fourth-order valence-corrected chi connectivity index (χ4v) is 2.18. The molecule has 1 saturated carbocycles. The second kappa shape index (κ2) is 5.04. The van der Waals surface area contributed by atoms with Crippen molar-refractivity contribution >= 4 is 11.4 Å². The average Bonchev–Trinajstić information content (AvgIpc) is 3.10. The molecule has 0 aliphatic heterocycles. The quantitative estimate of drug-likeness (QED) is 0.819. The summed E-state index contributed by atoms with van der Waals surface area (Å²) < 4.78 is 19.3. The normalized spacial score (nSPS) is 14.9. The van der Waals surface area contributed by atoms with E-state index >= 15 is 0 Å². The van der Waals surface area contributed by atoms with Gasteiger partial charge in [0.05, 0.1) is 18.5 Å². The van der Waals surface area contributed by atoms with Crippen molar-refractivity contribution in [3.63, 3.8) is 0 Å². The number of methoxy groups -OCH3 is 1. The minimum Gasteiger partial charge on any atom is -0.495 e. The van der Waals surface area contributed by atoms with Crippen LogP contribution in [0.1, 0.15) is 26.7 Å². The van der Waals surface area contributed by atoms with Gasteiger partial charge in [-0.15, -0.1) is 0 Å². The van der Waals surface area contributed by atoms with Gasteiger partial charge >= 0.3 is 0 Å². The van der Waals surface area contributed by atoms with E-state index in [1.54, 1.807) is 13.2 Å². The van der Waals surface area contributed by atoms with Crippen LogP contribution in [0.15, 0.2) is 12.1 Å². The number of nitrogens with two attached hydrogens (primary N) is 1. The summed E-state index contributed by atoms with van der Waals surface area (Å²) >= 11 is 0. The minimum atomic E-state index is -0.263. The average molecular weight is 252 g/mol. The van der Waals surface area contributed by atoms with Crippen LogP contribution in [0.4, 0.5) is 15.8 Å². The van der Waals surface area contributed by atoms with Gasteiger partial charge in [-0.2, -0.15) is 0 Å². The molecular formula is C14H21FN2O. The first-order valence-electron chi connectivity index (χ1n) is 6.42. The molecule has 2 N–H and O–H groups in total. The molecule has 0 radical (unpaired) electrons. The Balaban J connectivity index is 2.34. The van der Waals surface area contributed by atoms with E-state index in [1.807, 2.05) is 0 Å². The van der Waals surface area contributed by atoms with E-state index in [2.05, 4.69) is 18.7 Å². The number of anilines is 2. The van der Waals surface area contributed by atoms with Gasteiger partial charge in [0.2, 0.25) is 0 Å². The first-order chi connectivity index (χ1) is 8.52. The van der Waals surface area contributed by atoms with Crippen molar-refractivity contribution in [1.82, 2.24) is 0 Å². The Morgan fingerprint density at radius 1 is 1.44 bits per heavy atom. The lowest BCUT2D eigenvalue weighted by atomic mass is 10.1. The Morgan fingerprint density at radius 2 is 2.11 bits per heavy atom. The molecule has 3 nitrogen and oxygen atoms in total. The molecule has 0 aromatic heterocycles. The Labute approximate surface area is 108 Å². The van der Waals surface area contributed by atoms with Crippen LogP contribution in [0.25, 0.3) is 0 Å². The molecule has 2 rings (SSSR count). The maximum absolute atomic E-state index is 14.1. The molecule has 0 saturated heterocycles. The number of ether oxygens (including phenoxy) is 1. The van der Waals surface area contributed by atoms with Crippen LogP contribution >= 0.6 is 0 Å². The predicted octanol–water partition coefficient (Wildman–Crippen LogP) is 3.04. The zero-order chi connectivity index (χ0) is 13.3. The first-order valence-corrected chi connectivity index (χ1v) is 6.42. The molecule has 0 unspecified atom stereocenters. The first kappa shape index (κ1) is 13.0. The molecule has 100 valence electrons. The van der Waals surface area contributed by atoms with Crippen LogP contribution in [0, 0.1) is 11.7 Å². The third-order valence-corrected chi connectivity index (χ3v) is 3.16. The summed E-state index contributed by atoms with van der Waals surface area (Å²) in [7, 11) is 1.55. The van der Waals surface area contributed by atoms with Crippen molar-refractivity contribution in [2.45, 2.75) is 32.7 Å². The lowest BCUT2D eigenvalue weighted by Crippen LogP contribution is -2.30. The summed E-state index contributed by atoms with van der Waals surface area (Å²) in [6.45, 7) is 5.14. The third kappa shape index (κ3) is 2.68. The Bertz CT molecular complexity index is 430. The van der Waals surface area contributed by atoms with E-state index < -0.39 is 0 Å². The predicted molar refractivity (Wildman–Crippen MR) is 72.6 cm³/mol. The molecular weight excluding hydrogens is 231 g/mol. The number of rotatable bonds is 5. The molecule has 1 aromatic rings. The fraction of sp³-hybridized carbons (Fsp3) is 0.571. The standard InChI is InChI=1S/C14H21FN2O/c1-9(2)8-17(10-4-5-10)13-7-14(18-3)12(16)6-11(13)15/h6-7,9-10H,4-5,8,16H2,1-3H3. The van der Waals surface area contributed by atoms with Crippen LogP contribution in [-0.4, -0.2) is 19.7 Å². The Kier molecular flexibility index (Phi) is 3.64. The van der Waals surface area contributed by atoms with Gasteiger partial charge in [-0.05, 0) is 18.8 Å². The fourth-order valence-electron chi connectivity index (χ4n) is 2.18. The highest BCUT2D eigenvalue weighted by Gasteiger charge is 2.31. The smallest absolute Gasteiger partial charge is 0.148 e. The highest BCUT2D eigenvalue weighted by atomic mass is 19.1. The van der Waals surface area contributed by atoms with E-state index in [4.69, 9.17) is 10.5 Å². The number of nitrogen functional groups attached to an aromatic ring is 1. The van der Waals surface area contributed by atoms with E-state index in [1.165, 1.54) is 6.07 Å². The topological polar surface area (TPSA) is 38.5 Å². The van der Waals surface area contributed by atoms with Crippen molar-refractivity contribution in [2.75, 3.05) is 24.3 Å². The van der Waals surface area contributed by atoms with Gasteiger partial charge in [0.25, 0.3) is 0 Å². The van der Waals surface area contributed by atoms with Crippen LogP contribution in [0.3, 0.4) is 0 Å². The molecule has 1 aromatic carbocycles. The molecule has 1 aliphatic carbocycles. The number of nitrogens with zero attached hydrogens (tertiary/aromatic N) is 1. The van der Waals surface area contributed by atoms with Crippen LogP contribution in [0.5, 0.6) is 5.75 Å². The lowest BCUT2D eigenvalue weighted by molar-refractivity contribution is 0.415. The van der Waals surface area contributed by atoms with Crippen molar-refractivity contribution in [3.8, 4) is 5.75 Å². The number of hydrogen-bond acceptors (Lipinski definition) is 3. The van der Waals surface area contributed by atoms with Gasteiger partial charge in [0.15, 0.2) is 0 Å². The second-order valence-electron chi connectivity index (χ2n) is 5.32. The zero-order valence-corrected chi connectivity index (χ0v) is 11.2. The van der Waals surface area contributed by atoms with E-state index in [9.17, 15) is 4.39 Å². The van der Waals surface area contributed by atoms with Crippen LogP contribution in [0.2, 0.25) is 0 Å². The van der Waals surface area contributed by atoms with Gasteiger partial charge in [-0.25, -0.2) is 4.39 Å². The molecule has 0 bridgehead atoms. The molecule has 1 fully saturated rings. The van der Waals surface area contributed by atoms with Crippen molar-refractivity contribution in [2.24, 2.45) is 5.92 Å². The van der Waals surface area contributed by atoms with Gasteiger partial charge in [0, 0.05) is 24.7 Å². The van der Waals surface area contributed by atoms with Gasteiger partial charge in [0.1, 0.15) is 11.6 Å². The van der Waals surface area contributed by atoms with Crippen molar-refractivity contribution in [1.29, 1.82) is 0 Å². The monoisotopic (exact) mass is 252 g/mol. The summed E-state index contributed by atoms with van der Waals surface area (Å²) in [5.41, 5.74) is 6.67. The zero-order valence-electron chi connectivity index (χ0n) is 11.2. The van der Waals surface area contributed by atoms with Crippen molar-refractivity contribution in [3.05, 3.63) is 17.9 Å². The van der Waals surface area contributed by atoms with E-state index in [0.29, 0.717) is 29.1 Å². The van der Waals surface area contributed by atoms with Crippen LogP contribution in [-0.2, 0) is 0 Å². The molecule has 0 amide bonds. The molecule has 18 heavy (non-hydrogen) atoms. The second-order valence-corrected chi connectivity index (χ2v) is 5.32. The number of hydrogen-bond donors (Lipinski definition) is 1. The largest absolute Gasteiger partial charge is 0.495 e. The summed E-state index contributed by atoms with van der Waals surface area (Å²) in [6, 6.07) is 3.53. The van der Waals surface area contributed by atoms with Crippen molar-refractivity contribution < 1.29 is 9.13 Å². The Morgan fingerprint density at radius 3 is 2.61 bits per heavy atom. The summed E-state index contributed by atoms with van der Waals surface area (Å²) in [4.78, 5) is 2.14. The Hall–Kier alpha value is -1.45. The van der Waals surface area contributed by atoms with Crippen LogP contribution < -0.4 is 15.4 Å². The summed E-state index contributed by atoms with van der Waals surface area (Å²) in [5.74, 6) is 0.773. The van der Waals surface area contributed by atoms with Gasteiger partial charge in [-0.3, -0.25) is 0 Å². The van der Waals surface area contributed by atoms with Gasteiger partial charge < -0.3 is 15.4 Å². The lowest BCUT2D eigenvalue weighted by Gasteiger charge is -2.27. The van der Waals surface area contributed by atoms with Gasteiger partial charge in [-0.1, -0.05) is 13.8 Å². The minimum absolute atomic E-state index is 0.263. The SMILES string of the molecule is COc1cc(N(CC(C)C)C2CC2)c(F)cc1N. The summed E-state index contributed by atoms with van der Waals surface area (Å²) in [5, 5.41) is 0. The number of halogens is 1. The maximum atomic E-state index is 14.1.